The molecule has 0 aliphatic carbocycles. The van der Waals surface area contributed by atoms with Crippen molar-refractivity contribution < 1.29 is 22.8 Å². The zero-order chi connectivity index (χ0) is 25.2. The van der Waals surface area contributed by atoms with Crippen LogP contribution in [0.4, 0.5) is 0 Å². The van der Waals surface area contributed by atoms with Gasteiger partial charge in [0.15, 0.2) is 0 Å². The lowest BCUT2D eigenvalue weighted by Crippen LogP contribution is -2.58. The molecule has 35 heavy (non-hydrogen) atoms. The minimum Gasteiger partial charge on any atom is -0.338 e. The molecule has 2 aliphatic heterocycles. The molecule has 0 aromatic heterocycles. The summed E-state index contributed by atoms with van der Waals surface area (Å²) in [7, 11) is -3.60. The molecule has 1 saturated heterocycles. The van der Waals surface area contributed by atoms with Gasteiger partial charge in [-0.25, -0.2) is 0 Å². The summed E-state index contributed by atoms with van der Waals surface area (Å²) >= 11 is 0. The molecule has 0 saturated carbocycles. The molecule has 0 bridgehead atoms. The van der Waals surface area contributed by atoms with Gasteiger partial charge < -0.3 is 4.90 Å². The van der Waals surface area contributed by atoms with E-state index in [0.29, 0.717) is 24.2 Å². The highest BCUT2D eigenvalue weighted by atomic mass is 32.2. The molecular formula is C25H30N4O5S. The third-order valence-electron chi connectivity index (χ3n) is 6.60. The van der Waals surface area contributed by atoms with Crippen LogP contribution in [0.15, 0.2) is 54.6 Å². The second-order valence-electron chi connectivity index (χ2n) is 8.55. The SMILES string of the molecule is CCN(CC)S(=O)(=O)N1CCN(C(=O)C(Cc2ccccc2)N2C(=O)c3ccccc3C2=O)CC1. The maximum atomic E-state index is 13.7. The number of carbonyl (C=O) groups excluding carboxylic acids is 3. The molecule has 0 radical (unpaired) electrons. The first-order chi connectivity index (χ1) is 16.8. The van der Waals surface area contributed by atoms with Crippen LogP contribution in [-0.2, 0) is 21.4 Å². The zero-order valence-corrected chi connectivity index (χ0v) is 20.8. The number of hydrogen-bond acceptors (Lipinski definition) is 5. The molecule has 2 heterocycles. The Kier molecular flexibility index (Phi) is 7.34. The normalized spacial score (nSPS) is 17.7. The first kappa shape index (κ1) is 25.0. The van der Waals surface area contributed by atoms with E-state index in [4.69, 9.17) is 0 Å². The van der Waals surface area contributed by atoms with E-state index in [2.05, 4.69) is 0 Å². The van der Waals surface area contributed by atoms with E-state index < -0.39 is 28.1 Å². The summed E-state index contributed by atoms with van der Waals surface area (Å²) in [6, 6.07) is 14.8. The summed E-state index contributed by atoms with van der Waals surface area (Å²) in [5.41, 5.74) is 1.40. The second kappa shape index (κ2) is 10.3. The van der Waals surface area contributed by atoms with Crippen LogP contribution in [0.1, 0.15) is 40.1 Å². The molecule has 0 N–H and O–H groups in total. The van der Waals surface area contributed by atoms with Crippen molar-refractivity contribution in [3.05, 3.63) is 71.3 Å². The number of fused-ring (bicyclic) bond motifs is 1. The quantitative estimate of drug-likeness (QED) is 0.515. The summed E-state index contributed by atoms with van der Waals surface area (Å²) in [6.07, 6.45) is 0.184. The van der Waals surface area contributed by atoms with Crippen LogP contribution in [0, 0.1) is 0 Å². The van der Waals surface area contributed by atoms with Gasteiger partial charge in [0.25, 0.3) is 22.0 Å². The number of rotatable bonds is 8. The molecule has 186 valence electrons. The lowest BCUT2D eigenvalue weighted by molar-refractivity contribution is -0.136. The van der Waals surface area contributed by atoms with Gasteiger partial charge in [-0.15, -0.1) is 0 Å². The van der Waals surface area contributed by atoms with Crippen LogP contribution in [0.25, 0.3) is 0 Å². The lowest BCUT2D eigenvalue weighted by Gasteiger charge is -2.38. The first-order valence-electron chi connectivity index (χ1n) is 11.8. The van der Waals surface area contributed by atoms with E-state index >= 15 is 0 Å². The molecule has 2 aliphatic rings. The van der Waals surface area contributed by atoms with Gasteiger partial charge in [0, 0.05) is 45.7 Å². The van der Waals surface area contributed by atoms with Crippen molar-refractivity contribution in [1.82, 2.24) is 18.4 Å². The fourth-order valence-corrected chi connectivity index (χ4v) is 6.28. The van der Waals surface area contributed by atoms with Crippen molar-refractivity contribution in [2.45, 2.75) is 26.3 Å². The molecular weight excluding hydrogens is 468 g/mol. The summed E-state index contributed by atoms with van der Waals surface area (Å²) in [6.45, 7) is 5.01. The lowest BCUT2D eigenvalue weighted by atomic mass is 10.0. The molecule has 1 unspecified atom stereocenters. The van der Waals surface area contributed by atoms with Crippen LogP contribution in [0.2, 0.25) is 0 Å². The van der Waals surface area contributed by atoms with Gasteiger partial charge >= 0.3 is 0 Å². The number of piperazine rings is 1. The van der Waals surface area contributed by atoms with E-state index in [9.17, 15) is 22.8 Å². The fraction of sp³-hybridized carbons (Fsp3) is 0.400. The molecule has 1 fully saturated rings. The predicted molar refractivity (Wildman–Crippen MR) is 131 cm³/mol. The maximum absolute atomic E-state index is 13.7. The van der Waals surface area contributed by atoms with E-state index in [-0.39, 0.29) is 38.5 Å². The van der Waals surface area contributed by atoms with Crippen LogP contribution in [0.3, 0.4) is 0 Å². The largest absolute Gasteiger partial charge is 0.338 e. The Hall–Kier alpha value is -3.08. The molecule has 4 rings (SSSR count). The van der Waals surface area contributed by atoms with Crippen molar-refractivity contribution in [2.75, 3.05) is 39.3 Å². The number of amides is 3. The monoisotopic (exact) mass is 498 g/mol. The van der Waals surface area contributed by atoms with Crippen LogP contribution >= 0.6 is 0 Å². The average Bonchev–Trinajstić information content (AvgIpc) is 3.13. The third-order valence-corrected chi connectivity index (χ3v) is 8.79. The molecule has 9 nitrogen and oxygen atoms in total. The standard InChI is InChI=1S/C25H30N4O5S/c1-3-27(4-2)35(33,34)28-16-14-26(15-17-28)25(32)22(18-19-10-6-5-7-11-19)29-23(30)20-12-8-9-13-21(20)24(29)31/h5-13,22H,3-4,14-18H2,1-2H3. The summed E-state index contributed by atoms with van der Waals surface area (Å²) in [4.78, 5) is 42.7. The summed E-state index contributed by atoms with van der Waals surface area (Å²) in [5.74, 6) is -1.33. The molecule has 1 atom stereocenters. The van der Waals surface area contributed by atoms with Crippen molar-refractivity contribution in [3.63, 3.8) is 0 Å². The molecule has 10 heteroatoms. The zero-order valence-electron chi connectivity index (χ0n) is 20.0. The predicted octanol–water partition coefficient (Wildman–Crippen LogP) is 1.62. The minimum atomic E-state index is -3.60. The Balaban J connectivity index is 1.57. The van der Waals surface area contributed by atoms with Gasteiger partial charge in [0.1, 0.15) is 6.04 Å². The topological polar surface area (TPSA) is 98.3 Å². The van der Waals surface area contributed by atoms with Gasteiger partial charge in [-0.1, -0.05) is 56.3 Å². The number of hydrogen-bond donors (Lipinski definition) is 0. The van der Waals surface area contributed by atoms with Crippen molar-refractivity contribution in [1.29, 1.82) is 0 Å². The van der Waals surface area contributed by atoms with E-state index in [1.165, 1.54) is 8.61 Å². The van der Waals surface area contributed by atoms with E-state index in [1.54, 1.807) is 43.0 Å². The van der Waals surface area contributed by atoms with Crippen LogP contribution < -0.4 is 0 Å². The van der Waals surface area contributed by atoms with E-state index in [1.807, 2.05) is 30.3 Å². The number of imide groups is 1. The Morgan fingerprint density at radius 3 is 1.89 bits per heavy atom. The smallest absolute Gasteiger partial charge is 0.282 e. The van der Waals surface area contributed by atoms with Crippen molar-refractivity contribution in [3.8, 4) is 0 Å². The van der Waals surface area contributed by atoms with Crippen molar-refractivity contribution in [2.24, 2.45) is 0 Å². The fourth-order valence-electron chi connectivity index (χ4n) is 4.68. The van der Waals surface area contributed by atoms with Gasteiger partial charge in [-0.05, 0) is 17.7 Å². The van der Waals surface area contributed by atoms with Gasteiger partial charge in [0.05, 0.1) is 11.1 Å². The Morgan fingerprint density at radius 1 is 0.857 bits per heavy atom. The number of carbonyl (C=O) groups is 3. The highest BCUT2D eigenvalue weighted by Crippen LogP contribution is 2.27. The molecule has 2 aromatic carbocycles. The Bertz CT molecular complexity index is 1170. The third kappa shape index (κ3) is 4.73. The van der Waals surface area contributed by atoms with Gasteiger partial charge in [-0.2, -0.15) is 17.0 Å². The highest BCUT2D eigenvalue weighted by Gasteiger charge is 2.44. The first-order valence-corrected chi connectivity index (χ1v) is 13.2. The van der Waals surface area contributed by atoms with Gasteiger partial charge in [0.2, 0.25) is 5.91 Å². The van der Waals surface area contributed by atoms with Crippen molar-refractivity contribution >= 4 is 27.9 Å². The van der Waals surface area contributed by atoms with Crippen LogP contribution in [-0.4, -0.2) is 89.9 Å². The Labute approximate surface area is 206 Å². The van der Waals surface area contributed by atoms with Gasteiger partial charge in [-0.3, -0.25) is 19.3 Å². The van der Waals surface area contributed by atoms with Crippen LogP contribution in [0.5, 0.6) is 0 Å². The molecule has 3 amide bonds. The maximum Gasteiger partial charge on any atom is 0.282 e. The molecule has 0 spiro atoms. The summed E-state index contributed by atoms with van der Waals surface area (Å²) in [5, 5.41) is 0. The summed E-state index contributed by atoms with van der Waals surface area (Å²) < 4.78 is 28.5. The number of benzene rings is 2. The Morgan fingerprint density at radius 2 is 1.37 bits per heavy atom. The number of nitrogens with zero attached hydrogens (tertiary/aromatic N) is 4. The molecule has 2 aromatic rings. The minimum absolute atomic E-state index is 0.157. The second-order valence-corrected chi connectivity index (χ2v) is 10.5. The average molecular weight is 499 g/mol. The van der Waals surface area contributed by atoms with E-state index in [0.717, 1.165) is 10.5 Å². The highest BCUT2D eigenvalue weighted by molar-refractivity contribution is 7.86.